The van der Waals surface area contributed by atoms with E-state index >= 15 is 0 Å². The Labute approximate surface area is 296 Å². The van der Waals surface area contributed by atoms with Crippen molar-refractivity contribution in [1.29, 1.82) is 0 Å². The molecule has 0 unspecified atom stereocenters. The van der Waals surface area contributed by atoms with Gasteiger partial charge in [-0.2, -0.15) is 10.2 Å². The summed E-state index contributed by atoms with van der Waals surface area (Å²) in [5.74, 6) is 0.713. The zero-order chi connectivity index (χ0) is 34.1. The van der Waals surface area contributed by atoms with Crippen molar-refractivity contribution in [2.75, 3.05) is 38.6 Å². The average molecular weight is 702 g/mol. The molecule has 2 aromatic heterocycles. The minimum Gasteiger partial charge on any atom is -0.491 e. The smallest absolute Gasteiger partial charge is 0.352 e. The third kappa shape index (κ3) is 7.07. The van der Waals surface area contributed by atoms with Crippen molar-refractivity contribution in [2.24, 2.45) is 19.2 Å². The molecule has 4 aromatic rings. The van der Waals surface area contributed by atoms with Crippen LogP contribution in [0.1, 0.15) is 70.7 Å². The Morgan fingerprint density at radius 1 is 1.06 bits per heavy atom. The summed E-state index contributed by atoms with van der Waals surface area (Å²) in [5, 5.41) is 27.3. The summed E-state index contributed by atoms with van der Waals surface area (Å²) in [6.45, 7) is 3.60. The van der Waals surface area contributed by atoms with Gasteiger partial charge in [0.1, 0.15) is 11.4 Å². The average Bonchev–Trinajstić information content (AvgIpc) is 3.58. The first-order valence-corrected chi connectivity index (χ1v) is 18.5. The second-order valence-electron chi connectivity index (χ2n) is 13.2. The summed E-state index contributed by atoms with van der Waals surface area (Å²) in [6, 6.07) is 10.5. The highest BCUT2D eigenvalue weighted by molar-refractivity contribution is 7.98. The van der Waals surface area contributed by atoms with Crippen molar-refractivity contribution in [2.45, 2.75) is 62.1 Å². The second kappa shape index (κ2) is 14.5. The number of aryl methyl sites for hydroxylation is 4. The molecule has 3 aliphatic heterocycles. The van der Waals surface area contributed by atoms with Crippen molar-refractivity contribution in [1.82, 2.24) is 24.3 Å². The van der Waals surface area contributed by atoms with E-state index in [9.17, 15) is 9.90 Å². The predicted octanol–water partition coefficient (Wildman–Crippen LogP) is 7.18. The molecule has 8 bridgehead atoms. The minimum atomic E-state index is -0.946. The zero-order valence-corrected chi connectivity index (χ0v) is 30.0. The maximum Gasteiger partial charge on any atom is 0.352 e. The van der Waals surface area contributed by atoms with Crippen LogP contribution in [0, 0.1) is 0 Å². The molecule has 0 atom stereocenters. The third-order valence-corrected chi connectivity index (χ3v) is 11.1. The van der Waals surface area contributed by atoms with Crippen LogP contribution in [0.15, 0.2) is 46.0 Å². The van der Waals surface area contributed by atoms with Crippen LogP contribution in [-0.4, -0.2) is 74.8 Å². The third-order valence-electron chi connectivity index (χ3n) is 9.71. The van der Waals surface area contributed by atoms with Crippen LogP contribution >= 0.6 is 23.4 Å². The number of nitrogens with zero attached hydrogens (tertiary/aromatic N) is 6. The highest BCUT2D eigenvalue weighted by atomic mass is 35.5. The molecule has 12 heteroatoms. The number of carboxylic acids is 1. The number of aromatic nitrogens is 3. The summed E-state index contributed by atoms with van der Waals surface area (Å²) >= 11 is 8.68. The van der Waals surface area contributed by atoms with Crippen molar-refractivity contribution < 1.29 is 14.6 Å². The number of thioether (sulfide) groups is 1. The number of aromatic carboxylic acids is 1. The largest absolute Gasteiger partial charge is 0.491 e. The van der Waals surface area contributed by atoms with Gasteiger partial charge >= 0.3 is 5.97 Å². The zero-order valence-electron chi connectivity index (χ0n) is 28.5. The number of hydrogen-bond acceptors (Lipinski definition) is 8. The van der Waals surface area contributed by atoms with Gasteiger partial charge in [0.05, 0.1) is 23.5 Å². The molecule has 1 fully saturated rings. The van der Waals surface area contributed by atoms with E-state index in [0.717, 1.165) is 102 Å². The molecular formula is C37H44ClN7O3S. The molecular weight excluding hydrogens is 658 g/mol. The van der Waals surface area contributed by atoms with Gasteiger partial charge in [-0.25, -0.2) is 4.79 Å². The number of anilines is 1. The molecule has 0 saturated carbocycles. The Morgan fingerprint density at radius 2 is 1.94 bits per heavy atom. The van der Waals surface area contributed by atoms with E-state index in [1.54, 1.807) is 16.3 Å². The van der Waals surface area contributed by atoms with Crippen LogP contribution in [0.4, 0.5) is 5.69 Å². The molecule has 258 valence electrons. The lowest BCUT2D eigenvalue weighted by atomic mass is 10.0. The molecule has 10 nitrogen and oxygen atoms in total. The fraction of sp³-hybridized carbons (Fsp3) is 0.432. The number of hydrogen-bond donors (Lipinski definition) is 2. The second-order valence-corrected chi connectivity index (χ2v) is 14.7. The number of carboxylic acid groups (broad SMARTS) is 1. The Bertz CT molecular complexity index is 1950. The minimum absolute atomic E-state index is 0.291. The van der Waals surface area contributed by atoms with E-state index in [2.05, 4.69) is 46.5 Å². The van der Waals surface area contributed by atoms with Gasteiger partial charge in [-0.3, -0.25) is 14.6 Å². The van der Waals surface area contributed by atoms with Gasteiger partial charge < -0.3 is 19.7 Å². The number of rotatable bonds is 1. The number of allylic oxidation sites excluding steroid dienone is 1. The number of halogens is 1. The fourth-order valence-corrected chi connectivity index (χ4v) is 8.51. The first-order valence-electron chi connectivity index (χ1n) is 17.2. The lowest BCUT2D eigenvalue weighted by Gasteiger charge is -2.27. The molecule has 0 aliphatic carbocycles. The molecule has 3 aliphatic rings. The summed E-state index contributed by atoms with van der Waals surface area (Å²) in [6.07, 6.45) is 10.4. The standard InChI is InChI=1S/C37H44ClN7O3S/c1-42-16-14-40-45-15-5-4-9-26(45)20-31-32(38)12-11-30-29(36(37(46)47)43(2)35(30)31)10-7-17-48-33-21-28(18-24-8-6-13-39-34(24)33)49-23-27-19-25(22-42)41-44(27)3/h11-12,14,18-21,39H,4-10,13,15-17,22-23H2,1-3H3,(H,46,47)/b26-20+,40-14+. The SMILES string of the molecule is CN1C/C=N/N2CCCC/C2=C\c2c(Cl)ccc3c(c(C(=O)O)n(C)c23)CCCOc2cc(cc3c2NCCC3)SCc2cc(nn2C)C1. The normalized spacial score (nSPS) is 19.6. The van der Waals surface area contributed by atoms with Crippen LogP contribution < -0.4 is 10.1 Å². The molecule has 0 radical (unpaired) electrons. The molecule has 5 heterocycles. The summed E-state index contributed by atoms with van der Waals surface area (Å²) in [5.41, 5.74) is 8.39. The van der Waals surface area contributed by atoms with Gasteiger partial charge in [-0.1, -0.05) is 17.7 Å². The number of carbonyl (C=O) groups is 1. The monoisotopic (exact) mass is 701 g/mol. The molecule has 0 amide bonds. The Kier molecular flexibility index (Phi) is 9.94. The van der Waals surface area contributed by atoms with Crippen molar-refractivity contribution >= 4 is 58.2 Å². The number of nitrogens with one attached hydrogen (secondary N) is 1. The van der Waals surface area contributed by atoms with E-state index < -0.39 is 5.97 Å². The molecule has 0 spiro atoms. The number of hydrazone groups is 1. The highest BCUT2D eigenvalue weighted by Crippen LogP contribution is 2.39. The Hall–Kier alpha value is -3.93. The van der Waals surface area contributed by atoms with Crippen LogP contribution in [0.5, 0.6) is 5.75 Å². The summed E-state index contributed by atoms with van der Waals surface area (Å²) in [7, 11) is 5.93. The van der Waals surface area contributed by atoms with Crippen molar-refractivity contribution in [3.8, 4) is 5.75 Å². The van der Waals surface area contributed by atoms with Gasteiger partial charge in [0.2, 0.25) is 0 Å². The van der Waals surface area contributed by atoms with Gasteiger partial charge in [0.15, 0.2) is 0 Å². The van der Waals surface area contributed by atoms with Crippen LogP contribution in [0.3, 0.4) is 0 Å². The number of benzene rings is 2. The van der Waals surface area contributed by atoms with E-state index in [1.807, 2.05) is 37.1 Å². The van der Waals surface area contributed by atoms with E-state index in [1.165, 1.54) is 16.2 Å². The summed E-state index contributed by atoms with van der Waals surface area (Å²) < 4.78 is 10.3. The fourth-order valence-electron chi connectivity index (χ4n) is 7.30. The predicted molar refractivity (Wildman–Crippen MR) is 198 cm³/mol. The van der Waals surface area contributed by atoms with Crippen molar-refractivity contribution in [3.05, 3.63) is 74.8 Å². The van der Waals surface area contributed by atoms with Crippen molar-refractivity contribution in [3.63, 3.8) is 0 Å². The van der Waals surface area contributed by atoms with E-state index in [4.69, 9.17) is 26.5 Å². The lowest BCUT2D eigenvalue weighted by molar-refractivity contribution is 0.0685. The van der Waals surface area contributed by atoms with Crippen LogP contribution in [0.2, 0.25) is 5.02 Å². The maximum absolute atomic E-state index is 12.7. The first kappa shape index (κ1) is 33.6. The summed E-state index contributed by atoms with van der Waals surface area (Å²) in [4.78, 5) is 16.1. The number of piperidine rings is 1. The van der Waals surface area contributed by atoms with E-state index in [0.29, 0.717) is 36.7 Å². The first-order chi connectivity index (χ1) is 23.8. The van der Waals surface area contributed by atoms with Gasteiger partial charge in [-0.05, 0) is 93.5 Å². The Balaban J connectivity index is 1.27. The quantitative estimate of drug-likeness (QED) is 0.215. The molecule has 2 aromatic carbocycles. The van der Waals surface area contributed by atoms with Crippen LogP contribution in [0.25, 0.3) is 17.0 Å². The Morgan fingerprint density at radius 3 is 2.80 bits per heavy atom. The molecule has 2 N–H and O–H groups in total. The highest BCUT2D eigenvalue weighted by Gasteiger charge is 2.25. The van der Waals surface area contributed by atoms with Gasteiger partial charge in [-0.15, -0.1) is 11.8 Å². The van der Waals surface area contributed by atoms with Crippen LogP contribution in [-0.2, 0) is 39.2 Å². The molecule has 49 heavy (non-hydrogen) atoms. The van der Waals surface area contributed by atoms with Gasteiger partial charge in [0, 0.05) is 84.5 Å². The number of fused-ring (bicyclic) bond motifs is 7. The maximum atomic E-state index is 12.7. The topological polar surface area (TPSA) is 100 Å². The molecule has 7 rings (SSSR count). The molecule has 1 saturated heterocycles. The van der Waals surface area contributed by atoms with Gasteiger partial charge in [0.25, 0.3) is 0 Å². The number of ether oxygens (including phenoxy) is 1. The van der Waals surface area contributed by atoms with E-state index in [-0.39, 0.29) is 0 Å². The lowest BCUT2D eigenvalue weighted by Crippen LogP contribution is -2.25.